The lowest BCUT2D eigenvalue weighted by atomic mass is 10.1. The molecule has 28 heavy (non-hydrogen) atoms. The van der Waals surface area contributed by atoms with E-state index in [1.54, 1.807) is 10.8 Å². The van der Waals surface area contributed by atoms with Gasteiger partial charge in [-0.25, -0.2) is 9.97 Å². The molecule has 3 heterocycles. The number of aryl methyl sites for hydroxylation is 1. The van der Waals surface area contributed by atoms with Gasteiger partial charge in [-0.05, 0) is 11.6 Å². The molecular weight excluding hydrogens is 358 g/mol. The van der Waals surface area contributed by atoms with Gasteiger partial charge in [0.2, 0.25) is 5.91 Å². The molecule has 1 aromatic carbocycles. The Bertz CT molecular complexity index is 1160. The van der Waals surface area contributed by atoms with Crippen molar-refractivity contribution < 1.29 is 9.90 Å². The van der Waals surface area contributed by atoms with Crippen LogP contribution in [0.5, 0.6) is 0 Å². The first-order chi connectivity index (χ1) is 13.6. The second-order valence-corrected chi connectivity index (χ2v) is 6.55. The van der Waals surface area contributed by atoms with Crippen molar-refractivity contribution in [3.8, 4) is 11.3 Å². The molecule has 0 bridgehead atoms. The lowest BCUT2D eigenvalue weighted by molar-refractivity contribution is -0.119. The highest BCUT2D eigenvalue weighted by Gasteiger charge is 2.16. The molecule has 0 unspecified atom stereocenters. The highest BCUT2D eigenvalue weighted by Crippen LogP contribution is 2.26. The van der Waals surface area contributed by atoms with Crippen LogP contribution in [0.2, 0.25) is 0 Å². The first-order valence-corrected chi connectivity index (χ1v) is 8.96. The number of hydrogen-bond donors (Lipinski definition) is 3. The third kappa shape index (κ3) is 3.27. The van der Waals surface area contributed by atoms with Gasteiger partial charge in [-0.15, -0.1) is 0 Å². The van der Waals surface area contributed by atoms with Gasteiger partial charge in [0, 0.05) is 38.7 Å². The van der Waals surface area contributed by atoms with Crippen molar-refractivity contribution in [3.05, 3.63) is 42.2 Å². The number of nitrogens with one attached hydrogen (secondary N) is 2. The summed E-state index contributed by atoms with van der Waals surface area (Å²) < 4.78 is 3.65. The molecule has 3 aromatic heterocycles. The molecule has 9 nitrogen and oxygen atoms in total. The summed E-state index contributed by atoms with van der Waals surface area (Å²) in [5, 5.41) is 19.8. The van der Waals surface area contributed by atoms with E-state index in [-0.39, 0.29) is 12.5 Å². The molecule has 9 heteroatoms. The molecule has 0 radical (unpaired) electrons. The highest BCUT2D eigenvalue weighted by molar-refractivity contribution is 5.86. The Morgan fingerprint density at radius 2 is 2.14 bits per heavy atom. The predicted molar refractivity (Wildman–Crippen MR) is 106 cm³/mol. The number of aliphatic hydroxyl groups excluding tert-OH is 1. The van der Waals surface area contributed by atoms with Crippen LogP contribution in [0.25, 0.3) is 28.1 Å². The fourth-order valence-electron chi connectivity index (χ4n) is 3.12. The number of aliphatic hydroxyl groups is 1. The Kier molecular flexibility index (Phi) is 4.66. The van der Waals surface area contributed by atoms with Crippen LogP contribution in [0.15, 0.2) is 36.7 Å². The number of carbonyl (C=O) groups excluding carboxylic acids is 1. The molecule has 1 amide bonds. The van der Waals surface area contributed by atoms with Crippen LogP contribution < -0.4 is 10.6 Å². The summed E-state index contributed by atoms with van der Waals surface area (Å²) >= 11 is 0. The van der Waals surface area contributed by atoms with Crippen molar-refractivity contribution in [1.29, 1.82) is 0 Å². The molecule has 144 valence electrons. The number of benzene rings is 1. The number of carbonyl (C=O) groups is 1. The number of fused-ring (bicyclic) bond motifs is 3. The molecule has 4 aromatic rings. The van der Waals surface area contributed by atoms with Crippen molar-refractivity contribution in [2.24, 2.45) is 7.05 Å². The summed E-state index contributed by atoms with van der Waals surface area (Å²) in [6, 6.07) is 9.79. The maximum atomic E-state index is 11.2. The van der Waals surface area contributed by atoms with E-state index in [0.29, 0.717) is 30.1 Å². The van der Waals surface area contributed by atoms with Crippen LogP contribution in [0.3, 0.4) is 0 Å². The van der Waals surface area contributed by atoms with E-state index < -0.39 is 0 Å². The molecule has 3 N–H and O–H groups in total. The van der Waals surface area contributed by atoms with Crippen LogP contribution in [0, 0.1) is 0 Å². The fourth-order valence-corrected chi connectivity index (χ4v) is 3.12. The monoisotopic (exact) mass is 379 g/mol. The molecule has 0 atom stereocenters. The lowest BCUT2D eigenvalue weighted by Gasteiger charge is -2.06. The Morgan fingerprint density at radius 3 is 2.93 bits per heavy atom. The van der Waals surface area contributed by atoms with E-state index in [1.807, 2.05) is 41.9 Å². The second-order valence-electron chi connectivity index (χ2n) is 6.55. The Balaban J connectivity index is 1.79. The standard InChI is InChI=1S/C19H21N7O2/c1-12(28)21-10-13-4-3-5-14(8-13)15-9-16-23-18(20-6-7-27)17-19(26(16)24-15)25(2)11-22-17/h3-5,8-9,11,27H,6-7,10H2,1-2H3,(H,20,23)(H,21,28). The zero-order valence-electron chi connectivity index (χ0n) is 15.7. The van der Waals surface area contributed by atoms with Crippen LogP contribution in [0.1, 0.15) is 12.5 Å². The summed E-state index contributed by atoms with van der Waals surface area (Å²) in [6.45, 7) is 2.36. The van der Waals surface area contributed by atoms with Gasteiger partial charge in [-0.1, -0.05) is 18.2 Å². The van der Waals surface area contributed by atoms with Gasteiger partial charge in [0.15, 0.2) is 22.6 Å². The maximum absolute atomic E-state index is 11.2. The Morgan fingerprint density at radius 1 is 1.29 bits per heavy atom. The zero-order chi connectivity index (χ0) is 19.7. The van der Waals surface area contributed by atoms with Gasteiger partial charge >= 0.3 is 0 Å². The molecule has 0 aliphatic heterocycles. The fraction of sp³-hybridized carbons (Fsp3) is 0.263. The normalized spacial score (nSPS) is 11.2. The third-order valence-electron chi connectivity index (χ3n) is 4.42. The minimum absolute atomic E-state index is 0.00674. The summed E-state index contributed by atoms with van der Waals surface area (Å²) in [7, 11) is 1.90. The molecule has 0 spiro atoms. The van der Waals surface area contributed by atoms with E-state index >= 15 is 0 Å². The largest absolute Gasteiger partial charge is 0.395 e. The number of rotatable bonds is 6. The molecule has 0 saturated carbocycles. The van der Waals surface area contributed by atoms with E-state index in [1.165, 1.54) is 6.92 Å². The SMILES string of the molecule is CC(=O)NCc1cccc(-c2cc3nc(NCCO)c4ncn(C)c4n3n2)c1. The van der Waals surface area contributed by atoms with Crippen molar-refractivity contribution in [2.45, 2.75) is 13.5 Å². The minimum Gasteiger partial charge on any atom is -0.395 e. The number of amides is 1. The third-order valence-corrected chi connectivity index (χ3v) is 4.42. The Labute approximate surface area is 161 Å². The summed E-state index contributed by atoms with van der Waals surface area (Å²) in [4.78, 5) is 20.2. The highest BCUT2D eigenvalue weighted by atomic mass is 16.3. The van der Waals surface area contributed by atoms with E-state index in [0.717, 1.165) is 22.5 Å². The van der Waals surface area contributed by atoms with Gasteiger partial charge in [0.1, 0.15) is 0 Å². The van der Waals surface area contributed by atoms with Crippen LogP contribution in [0.4, 0.5) is 5.82 Å². The number of aromatic nitrogens is 5. The van der Waals surface area contributed by atoms with Gasteiger partial charge in [-0.2, -0.15) is 9.61 Å². The number of hydrogen-bond acceptors (Lipinski definition) is 6. The van der Waals surface area contributed by atoms with Gasteiger partial charge in [-0.3, -0.25) is 4.79 Å². The van der Waals surface area contributed by atoms with E-state index in [9.17, 15) is 4.79 Å². The molecular formula is C19H21N7O2. The molecule has 0 aliphatic rings. The van der Waals surface area contributed by atoms with Crippen molar-refractivity contribution >= 4 is 28.5 Å². The Hall–Kier alpha value is -3.46. The van der Waals surface area contributed by atoms with Crippen LogP contribution in [-0.2, 0) is 18.4 Å². The van der Waals surface area contributed by atoms with Gasteiger partial charge in [0.25, 0.3) is 0 Å². The second kappa shape index (κ2) is 7.28. The minimum atomic E-state index is -0.0659. The van der Waals surface area contributed by atoms with Crippen LogP contribution in [-0.4, -0.2) is 48.3 Å². The number of imidazole rings is 1. The summed E-state index contributed by atoms with van der Waals surface area (Å²) in [5.41, 5.74) is 4.89. The smallest absolute Gasteiger partial charge is 0.217 e. The number of anilines is 1. The average molecular weight is 379 g/mol. The molecule has 0 saturated heterocycles. The van der Waals surface area contributed by atoms with E-state index in [2.05, 4.69) is 20.6 Å². The predicted octanol–water partition coefficient (Wildman–Crippen LogP) is 1.32. The van der Waals surface area contributed by atoms with Crippen LogP contribution >= 0.6 is 0 Å². The van der Waals surface area contributed by atoms with E-state index in [4.69, 9.17) is 10.2 Å². The van der Waals surface area contributed by atoms with Crippen molar-refractivity contribution in [1.82, 2.24) is 29.5 Å². The first-order valence-electron chi connectivity index (χ1n) is 8.96. The zero-order valence-corrected chi connectivity index (χ0v) is 15.7. The van der Waals surface area contributed by atoms with Crippen molar-refractivity contribution in [2.75, 3.05) is 18.5 Å². The summed E-state index contributed by atoms with van der Waals surface area (Å²) in [5.74, 6) is 0.548. The van der Waals surface area contributed by atoms with Gasteiger partial charge < -0.3 is 20.3 Å². The molecule has 0 aliphatic carbocycles. The summed E-state index contributed by atoms with van der Waals surface area (Å²) in [6.07, 6.45) is 1.71. The first kappa shape index (κ1) is 17.9. The van der Waals surface area contributed by atoms with Gasteiger partial charge in [0.05, 0.1) is 18.6 Å². The van der Waals surface area contributed by atoms with Crippen molar-refractivity contribution in [3.63, 3.8) is 0 Å². The number of nitrogens with zero attached hydrogens (tertiary/aromatic N) is 5. The maximum Gasteiger partial charge on any atom is 0.217 e. The average Bonchev–Trinajstić information content (AvgIpc) is 3.28. The topological polar surface area (TPSA) is 109 Å². The molecule has 4 rings (SSSR count). The molecule has 0 fully saturated rings. The lowest BCUT2D eigenvalue weighted by Crippen LogP contribution is -2.18. The quantitative estimate of drug-likeness (QED) is 0.466.